The summed E-state index contributed by atoms with van der Waals surface area (Å²) in [7, 11) is 0. The molecular formula is C14H16F2O. The molecule has 1 aromatic rings. The van der Waals surface area contributed by atoms with Crippen LogP contribution in [0.1, 0.15) is 43.8 Å². The zero-order valence-corrected chi connectivity index (χ0v) is 9.63. The molecule has 1 atom stereocenters. The zero-order chi connectivity index (χ0) is 12.3. The minimum Gasteiger partial charge on any atom is -0.384 e. The first-order chi connectivity index (χ1) is 8.18. The standard InChI is InChI=1S/C14H16F2O/c15-11-7-8-12(13(16)9-11)14(17)10-5-3-1-2-4-6-10/h5,7-9,14,17H,1-4,6H2. The van der Waals surface area contributed by atoms with Gasteiger partial charge < -0.3 is 5.11 Å². The monoisotopic (exact) mass is 238 g/mol. The number of halogens is 2. The van der Waals surface area contributed by atoms with E-state index in [1.54, 1.807) is 0 Å². The molecular weight excluding hydrogens is 222 g/mol. The van der Waals surface area contributed by atoms with Crippen molar-refractivity contribution in [3.8, 4) is 0 Å². The lowest BCUT2D eigenvalue weighted by molar-refractivity contribution is 0.205. The highest BCUT2D eigenvalue weighted by atomic mass is 19.1. The lowest BCUT2D eigenvalue weighted by atomic mass is 9.97. The Labute approximate surface area is 99.8 Å². The molecule has 1 aromatic carbocycles. The minimum atomic E-state index is -0.936. The van der Waals surface area contributed by atoms with Crippen molar-refractivity contribution in [2.24, 2.45) is 0 Å². The van der Waals surface area contributed by atoms with E-state index in [9.17, 15) is 13.9 Å². The minimum absolute atomic E-state index is 0.166. The van der Waals surface area contributed by atoms with E-state index in [-0.39, 0.29) is 5.56 Å². The maximum atomic E-state index is 13.5. The summed E-state index contributed by atoms with van der Waals surface area (Å²) in [4.78, 5) is 0. The van der Waals surface area contributed by atoms with Crippen LogP contribution in [0.2, 0.25) is 0 Å². The Bertz CT molecular complexity index is 426. The molecule has 0 amide bonds. The fourth-order valence-electron chi connectivity index (χ4n) is 2.21. The summed E-state index contributed by atoms with van der Waals surface area (Å²) in [6, 6.07) is 3.32. The summed E-state index contributed by atoms with van der Waals surface area (Å²) in [6.07, 6.45) is 6.04. The molecule has 0 aromatic heterocycles. The molecule has 0 saturated heterocycles. The molecule has 1 unspecified atom stereocenters. The summed E-state index contributed by atoms with van der Waals surface area (Å²) in [5, 5.41) is 10.1. The summed E-state index contributed by atoms with van der Waals surface area (Å²) in [5.41, 5.74) is 1.02. The van der Waals surface area contributed by atoms with Crippen LogP contribution in [-0.4, -0.2) is 5.11 Å². The van der Waals surface area contributed by atoms with Gasteiger partial charge in [0.2, 0.25) is 0 Å². The average Bonchev–Trinajstić information content (AvgIpc) is 2.56. The van der Waals surface area contributed by atoms with E-state index in [0.717, 1.165) is 43.7 Å². The maximum Gasteiger partial charge on any atom is 0.132 e. The molecule has 1 N–H and O–H groups in total. The van der Waals surface area contributed by atoms with Crippen molar-refractivity contribution >= 4 is 0 Å². The van der Waals surface area contributed by atoms with Crippen LogP contribution in [0.25, 0.3) is 0 Å². The lowest BCUT2D eigenvalue weighted by Crippen LogP contribution is -2.04. The highest BCUT2D eigenvalue weighted by molar-refractivity contribution is 5.28. The lowest BCUT2D eigenvalue weighted by Gasteiger charge is -2.15. The molecule has 3 heteroatoms. The summed E-state index contributed by atoms with van der Waals surface area (Å²) in [6.45, 7) is 0. The Morgan fingerprint density at radius 2 is 1.94 bits per heavy atom. The maximum absolute atomic E-state index is 13.5. The Morgan fingerprint density at radius 1 is 1.12 bits per heavy atom. The van der Waals surface area contributed by atoms with Crippen molar-refractivity contribution in [1.29, 1.82) is 0 Å². The van der Waals surface area contributed by atoms with Crippen LogP contribution >= 0.6 is 0 Å². The smallest absolute Gasteiger partial charge is 0.132 e. The fraction of sp³-hybridized carbons (Fsp3) is 0.429. The first-order valence-electron chi connectivity index (χ1n) is 6.00. The second kappa shape index (κ2) is 5.41. The molecule has 0 radical (unpaired) electrons. The van der Waals surface area contributed by atoms with Crippen LogP contribution in [0, 0.1) is 11.6 Å². The highest BCUT2D eigenvalue weighted by Gasteiger charge is 2.18. The van der Waals surface area contributed by atoms with Crippen molar-refractivity contribution in [1.82, 2.24) is 0 Å². The predicted molar refractivity (Wildman–Crippen MR) is 62.5 cm³/mol. The normalized spacial score (nSPS) is 18.4. The van der Waals surface area contributed by atoms with E-state index in [1.165, 1.54) is 12.1 Å². The summed E-state index contributed by atoms with van der Waals surface area (Å²) >= 11 is 0. The average molecular weight is 238 g/mol. The molecule has 1 nitrogen and oxygen atoms in total. The van der Waals surface area contributed by atoms with Crippen LogP contribution in [0.4, 0.5) is 8.78 Å². The molecule has 2 rings (SSSR count). The van der Waals surface area contributed by atoms with Crippen LogP contribution in [0.3, 0.4) is 0 Å². The number of rotatable bonds is 2. The topological polar surface area (TPSA) is 20.2 Å². The molecule has 0 saturated carbocycles. The second-order valence-electron chi connectivity index (χ2n) is 4.45. The van der Waals surface area contributed by atoms with E-state index in [0.29, 0.717) is 0 Å². The van der Waals surface area contributed by atoms with Gasteiger partial charge in [-0.15, -0.1) is 0 Å². The van der Waals surface area contributed by atoms with E-state index in [4.69, 9.17) is 0 Å². The van der Waals surface area contributed by atoms with Gasteiger partial charge in [0.1, 0.15) is 17.7 Å². The van der Waals surface area contributed by atoms with Gasteiger partial charge >= 0.3 is 0 Å². The number of allylic oxidation sites excluding steroid dienone is 1. The van der Waals surface area contributed by atoms with Gasteiger partial charge in [0.05, 0.1) is 0 Å². The molecule has 0 bridgehead atoms. The molecule has 92 valence electrons. The number of aliphatic hydroxyl groups excluding tert-OH is 1. The molecule has 0 spiro atoms. The van der Waals surface area contributed by atoms with Gasteiger partial charge in [-0.1, -0.05) is 18.6 Å². The van der Waals surface area contributed by atoms with Crippen LogP contribution in [-0.2, 0) is 0 Å². The van der Waals surface area contributed by atoms with Gasteiger partial charge in [-0.3, -0.25) is 0 Å². The Kier molecular flexibility index (Phi) is 3.89. The first kappa shape index (κ1) is 12.2. The first-order valence-corrected chi connectivity index (χ1v) is 6.00. The summed E-state index contributed by atoms with van der Waals surface area (Å²) < 4.78 is 26.3. The number of hydrogen-bond acceptors (Lipinski definition) is 1. The van der Waals surface area contributed by atoms with Crippen LogP contribution < -0.4 is 0 Å². The number of aliphatic hydroxyl groups is 1. The van der Waals surface area contributed by atoms with Gasteiger partial charge in [-0.2, -0.15) is 0 Å². The van der Waals surface area contributed by atoms with Crippen molar-refractivity contribution in [3.05, 3.63) is 47.0 Å². The zero-order valence-electron chi connectivity index (χ0n) is 9.63. The summed E-state index contributed by atoms with van der Waals surface area (Å²) in [5.74, 6) is -1.30. The quantitative estimate of drug-likeness (QED) is 0.775. The van der Waals surface area contributed by atoms with E-state index in [1.807, 2.05) is 6.08 Å². The predicted octanol–water partition coefficient (Wildman–Crippen LogP) is 3.89. The van der Waals surface area contributed by atoms with Crippen molar-refractivity contribution in [3.63, 3.8) is 0 Å². The molecule has 0 fully saturated rings. The Morgan fingerprint density at radius 3 is 2.71 bits per heavy atom. The molecule has 1 aliphatic carbocycles. The van der Waals surface area contributed by atoms with Gasteiger partial charge in [-0.05, 0) is 37.3 Å². The number of benzene rings is 1. The van der Waals surface area contributed by atoms with E-state index < -0.39 is 17.7 Å². The van der Waals surface area contributed by atoms with Crippen LogP contribution in [0.15, 0.2) is 29.8 Å². The third kappa shape index (κ3) is 2.91. The SMILES string of the molecule is OC(C1=CCCCCC1)c1ccc(F)cc1F. The third-order valence-electron chi connectivity index (χ3n) is 3.18. The Balaban J connectivity index is 2.23. The number of hydrogen-bond donors (Lipinski definition) is 1. The molecule has 0 heterocycles. The van der Waals surface area contributed by atoms with Gasteiger partial charge in [-0.25, -0.2) is 8.78 Å². The largest absolute Gasteiger partial charge is 0.384 e. The fourth-order valence-corrected chi connectivity index (χ4v) is 2.21. The van der Waals surface area contributed by atoms with Gasteiger partial charge in [0, 0.05) is 11.6 Å². The van der Waals surface area contributed by atoms with Crippen molar-refractivity contribution in [2.75, 3.05) is 0 Å². The van der Waals surface area contributed by atoms with Crippen LogP contribution in [0.5, 0.6) is 0 Å². The van der Waals surface area contributed by atoms with E-state index in [2.05, 4.69) is 0 Å². The second-order valence-corrected chi connectivity index (χ2v) is 4.45. The molecule has 17 heavy (non-hydrogen) atoms. The van der Waals surface area contributed by atoms with Gasteiger partial charge in [0.25, 0.3) is 0 Å². The third-order valence-corrected chi connectivity index (χ3v) is 3.18. The van der Waals surface area contributed by atoms with Crippen molar-refractivity contribution < 1.29 is 13.9 Å². The molecule has 0 aliphatic heterocycles. The molecule has 1 aliphatic rings. The van der Waals surface area contributed by atoms with E-state index >= 15 is 0 Å². The van der Waals surface area contributed by atoms with Crippen molar-refractivity contribution in [2.45, 2.75) is 38.2 Å². The van der Waals surface area contributed by atoms with Gasteiger partial charge in [0.15, 0.2) is 0 Å². The Hall–Kier alpha value is -1.22. The highest BCUT2D eigenvalue weighted by Crippen LogP contribution is 2.30.